The van der Waals surface area contributed by atoms with E-state index >= 15 is 0 Å². The van der Waals surface area contributed by atoms with Gasteiger partial charge in [-0.15, -0.1) is 0 Å². The molecular weight excluding hydrogens is 468 g/mol. The third kappa shape index (κ3) is 4.05. The Hall–Kier alpha value is -4.12. The minimum Gasteiger partial charge on any atom is -0.490 e. The highest BCUT2D eigenvalue weighted by Crippen LogP contribution is 2.45. The molecule has 3 saturated heterocycles. The molecule has 2 bridgehead atoms. The number of fused-ring (bicyclic) bond motifs is 3. The van der Waals surface area contributed by atoms with E-state index in [4.69, 9.17) is 14.5 Å². The highest BCUT2D eigenvalue weighted by atomic mass is 16.5. The van der Waals surface area contributed by atoms with Crippen molar-refractivity contribution >= 4 is 11.3 Å². The summed E-state index contributed by atoms with van der Waals surface area (Å²) in [6.45, 7) is 5.85. The van der Waals surface area contributed by atoms with E-state index in [-0.39, 0.29) is 11.8 Å². The molecule has 3 aliphatic heterocycles. The second-order valence-electron chi connectivity index (χ2n) is 9.99. The molecule has 0 spiro atoms. The largest absolute Gasteiger partial charge is 0.490 e. The predicted molar refractivity (Wildman–Crippen MR) is 136 cm³/mol. The van der Waals surface area contributed by atoms with Crippen molar-refractivity contribution in [1.82, 2.24) is 24.8 Å². The van der Waals surface area contributed by atoms with Gasteiger partial charge in [0.1, 0.15) is 24.2 Å². The lowest BCUT2D eigenvalue weighted by Gasteiger charge is -2.58. The van der Waals surface area contributed by atoms with E-state index in [0.717, 1.165) is 49.3 Å². The maximum Gasteiger partial charge on any atom is 0.186 e. The van der Waals surface area contributed by atoms with E-state index in [1.54, 1.807) is 30.2 Å². The highest BCUT2D eigenvalue weighted by molar-refractivity contribution is 5.85. The molecule has 1 aliphatic carbocycles. The van der Waals surface area contributed by atoms with Gasteiger partial charge >= 0.3 is 0 Å². The molecule has 1 N–H and O–H groups in total. The van der Waals surface area contributed by atoms with E-state index in [1.165, 1.54) is 0 Å². The molecular formula is C27H28N8O2. The summed E-state index contributed by atoms with van der Waals surface area (Å²) in [5.41, 5.74) is 2.50. The molecule has 37 heavy (non-hydrogen) atoms. The summed E-state index contributed by atoms with van der Waals surface area (Å²) in [6, 6.07) is 11.3. The van der Waals surface area contributed by atoms with Crippen molar-refractivity contribution in [2.75, 3.05) is 31.7 Å². The smallest absolute Gasteiger partial charge is 0.186 e. The molecule has 0 amide bonds. The number of nitrogens with one attached hydrogen (secondary N) is 1. The van der Waals surface area contributed by atoms with Gasteiger partial charge in [0.15, 0.2) is 6.35 Å². The molecule has 0 aromatic carbocycles. The van der Waals surface area contributed by atoms with Crippen molar-refractivity contribution in [2.45, 2.75) is 37.7 Å². The molecule has 3 aromatic rings. The molecule has 188 valence electrons. The maximum atomic E-state index is 9.65. The van der Waals surface area contributed by atoms with E-state index < -0.39 is 0 Å². The Bertz CT molecular complexity index is 1400. The number of piperidine rings is 1. The van der Waals surface area contributed by atoms with Gasteiger partial charge in [0.2, 0.25) is 0 Å². The van der Waals surface area contributed by atoms with Crippen molar-refractivity contribution in [3.05, 3.63) is 55.1 Å². The van der Waals surface area contributed by atoms with Crippen LogP contribution in [0.5, 0.6) is 5.75 Å². The number of nitriles is 2. The first kappa shape index (κ1) is 23.3. The second kappa shape index (κ2) is 9.07. The number of pyridine rings is 2. The first-order valence-electron chi connectivity index (χ1n) is 12.4. The first-order valence-corrected chi connectivity index (χ1v) is 12.4. The number of hydrogen-bond donors (Lipinski definition) is 1. The lowest BCUT2D eigenvalue weighted by molar-refractivity contribution is -0.149. The number of methoxy groups -OCH3 is 1. The molecule has 3 aromatic heterocycles. The monoisotopic (exact) mass is 496 g/mol. The van der Waals surface area contributed by atoms with Gasteiger partial charge in [-0.25, -0.2) is 9.50 Å². The van der Waals surface area contributed by atoms with Gasteiger partial charge in [0.05, 0.1) is 35.0 Å². The average Bonchev–Trinajstić information content (AvgIpc) is 3.61. The third-order valence-electron chi connectivity index (χ3n) is 7.70. The third-order valence-corrected chi connectivity index (χ3v) is 7.70. The number of hydrogen-bond acceptors (Lipinski definition) is 9. The van der Waals surface area contributed by atoms with Crippen LogP contribution in [0.3, 0.4) is 0 Å². The lowest BCUT2D eigenvalue weighted by Crippen LogP contribution is -2.73. The number of aromatic nitrogens is 3. The molecule has 10 heteroatoms. The quantitative estimate of drug-likeness (QED) is 0.447. The summed E-state index contributed by atoms with van der Waals surface area (Å²) >= 11 is 0. The van der Waals surface area contributed by atoms with E-state index in [2.05, 4.69) is 38.9 Å². The SMILES string of the molecule is C=CNC(OC)N1C2CC1CN(c1ccc(-c3cc(OCC4(C#N)CC4)cn4ncc(C#N)c34)cn1)C2. The van der Waals surface area contributed by atoms with Crippen molar-refractivity contribution in [2.24, 2.45) is 5.41 Å². The summed E-state index contributed by atoms with van der Waals surface area (Å²) in [5.74, 6) is 1.53. The number of ether oxygens (including phenoxy) is 2. The predicted octanol–water partition coefficient (Wildman–Crippen LogP) is 2.88. The van der Waals surface area contributed by atoms with Crippen molar-refractivity contribution < 1.29 is 9.47 Å². The fourth-order valence-corrected chi connectivity index (χ4v) is 5.46. The van der Waals surface area contributed by atoms with Crippen LogP contribution in [0.25, 0.3) is 16.6 Å². The normalized spacial score (nSPS) is 22.4. The summed E-state index contributed by atoms with van der Waals surface area (Å²) in [6.07, 6.45) is 9.52. The maximum absolute atomic E-state index is 9.65. The van der Waals surface area contributed by atoms with Crippen LogP contribution in [0.4, 0.5) is 5.82 Å². The molecule has 3 atom stereocenters. The Balaban J connectivity index is 1.24. The van der Waals surface area contributed by atoms with Gasteiger partial charge in [0.25, 0.3) is 0 Å². The van der Waals surface area contributed by atoms with Crippen LogP contribution in [-0.2, 0) is 4.74 Å². The minimum absolute atomic E-state index is 0.163. The van der Waals surface area contributed by atoms with Gasteiger partial charge in [-0.05, 0) is 43.7 Å². The number of nitrogens with zero attached hydrogens (tertiary/aromatic N) is 7. The molecule has 1 saturated carbocycles. The molecule has 4 fully saturated rings. The number of piperazine rings is 1. The van der Waals surface area contributed by atoms with Crippen LogP contribution in [0.2, 0.25) is 0 Å². The Morgan fingerprint density at radius 1 is 1.27 bits per heavy atom. The van der Waals surface area contributed by atoms with Gasteiger partial charge in [-0.3, -0.25) is 4.90 Å². The lowest BCUT2D eigenvalue weighted by atomic mass is 9.87. The Kier molecular flexibility index (Phi) is 5.71. The Morgan fingerprint density at radius 3 is 2.70 bits per heavy atom. The zero-order valence-corrected chi connectivity index (χ0v) is 20.7. The summed E-state index contributed by atoms with van der Waals surface area (Å²) in [5, 5.41) is 26.6. The van der Waals surface area contributed by atoms with Crippen LogP contribution in [0.15, 0.2) is 49.6 Å². The first-order chi connectivity index (χ1) is 18.1. The number of anilines is 1. The zero-order chi connectivity index (χ0) is 25.6. The van der Waals surface area contributed by atoms with Crippen molar-refractivity contribution in [3.63, 3.8) is 0 Å². The van der Waals surface area contributed by atoms with Gasteiger partial charge in [-0.2, -0.15) is 15.6 Å². The van der Waals surface area contributed by atoms with Crippen LogP contribution in [0.1, 0.15) is 24.8 Å². The molecule has 0 radical (unpaired) electrons. The standard InChI is InChI=1S/C27H28N8O2/c1-3-30-26(36-2)35-20-8-21(35)14-33(13-20)24-5-4-18(11-31-24)23-9-22(37-17-27(16-29)6-7-27)15-34-25(23)19(10-28)12-32-34/h3-5,9,11-12,15,20-21,26,30H,1,6-8,13-14,17H2,2H3. The van der Waals surface area contributed by atoms with Crippen LogP contribution >= 0.6 is 0 Å². The summed E-state index contributed by atoms with van der Waals surface area (Å²) in [4.78, 5) is 9.46. The van der Waals surface area contributed by atoms with Gasteiger partial charge in [0, 0.05) is 49.6 Å². The molecule has 3 unspecified atom stereocenters. The second-order valence-corrected chi connectivity index (χ2v) is 9.99. The Morgan fingerprint density at radius 2 is 2.08 bits per heavy atom. The molecule has 6 heterocycles. The average molecular weight is 497 g/mol. The Labute approximate surface area is 215 Å². The van der Waals surface area contributed by atoms with Crippen molar-refractivity contribution in [1.29, 1.82) is 10.5 Å². The van der Waals surface area contributed by atoms with E-state index in [9.17, 15) is 10.5 Å². The van der Waals surface area contributed by atoms with Crippen molar-refractivity contribution in [3.8, 4) is 29.0 Å². The molecule has 7 rings (SSSR count). The van der Waals surface area contributed by atoms with Crippen LogP contribution < -0.4 is 15.0 Å². The highest BCUT2D eigenvalue weighted by Gasteiger charge is 2.48. The van der Waals surface area contributed by atoms with Crippen LogP contribution in [-0.4, -0.2) is 64.7 Å². The summed E-state index contributed by atoms with van der Waals surface area (Å²) < 4.78 is 13.3. The fourth-order valence-electron chi connectivity index (χ4n) is 5.46. The fraction of sp³-hybridized carbons (Fsp3) is 0.407. The molecule has 10 nitrogen and oxygen atoms in total. The zero-order valence-electron chi connectivity index (χ0n) is 20.7. The van der Waals surface area contributed by atoms with E-state index in [0.29, 0.717) is 35.5 Å². The van der Waals surface area contributed by atoms with Crippen LogP contribution in [0, 0.1) is 28.1 Å². The van der Waals surface area contributed by atoms with E-state index in [1.807, 2.05) is 24.4 Å². The van der Waals surface area contributed by atoms with Gasteiger partial charge < -0.3 is 19.7 Å². The minimum atomic E-state index is -0.379. The topological polar surface area (TPSA) is 115 Å². The number of rotatable bonds is 9. The molecule has 4 aliphatic rings. The summed E-state index contributed by atoms with van der Waals surface area (Å²) in [7, 11) is 1.70. The van der Waals surface area contributed by atoms with Gasteiger partial charge in [-0.1, -0.05) is 6.58 Å².